The van der Waals surface area contributed by atoms with Gasteiger partial charge in [0, 0.05) is 17.2 Å². The lowest BCUT2D eigenvalue weighted by Crippen LogP contribution is -2.25. The highest BCUT2D eigenvalue weighted by molar-refractivity contribution is 9.10. The summed E-state index contributed by atoms with van der Waals surface area (Å²) in [6.45, 7) is 10.7. The maximum absolute atomic E-state index is 12.7. The molecule has 1 amide bonds. The number of aliphatic hydroxyl groups is 1. The summed E-state index contributed by atoms with van der Waals surface area (Å²) in [5.74, 6) is -1.18. The molecular weight excluding hydrogens is 479 g/mol. The Hall–Kier alpha value is -3.00. The van der Waals surface area contributed by atoms with Crippen molar-refractivity contribution in [1.82, 2.24) is 4.98 Å². The van der Waals surface area contributed by atoms with E-state index in [1.165, 1.54) is 17.2 Å². The first-order valence-electron chi connectivity index (χ1n) is 9.92. The van der Waals surface area contributed by atoms with Crippen LogP contribution in [0.1, 0.15) is 31.5 Å². The number of amides is 1. The van der Waals surface area contributed by atoms with E-state index in [9.17, 15) is 19.1 Å². The van der Waals surface area contributed by atoms with E-state index in [1.807, 2.05) is 6.08 Å². The lowest BCUT2D eigenvalue weighted by molar-refractivity contribution is -0.137. The van der Waals surface area contributed by atoms with Crippen LogP contribution in [0.25, 0.3) is 5.76 Å². The molecule has 8 heteroatoms. The number of anilines is 1. The standard InChI is InChI=1S/C24H28BrFN2O4/c1-5-7-9-18(10-8-11-26)12-19-14-27-23(20(30)13-21(31)32-6-2)24(22(19)25)28(16-29)15-17(3)4/h5,8-10,13-14,16,30H,1,3,6-7,11-12,15H2,2,4H3/b10-8-,18-9+,20-13-. The SMILES string of the molecule is C=CC/C=C(\C=C/CF)Cc1cnc(/C(O)=C/C(=O)OCC)c(N(C=O)CC(=C)C)c1Br. The molecule has 0 atom stereocenters. The Kier molecular flexibility index (Phi) is 11.9. The number of hydrogen-bond acceptors (Lipinski definition) is 5. The van der Waals surface area contributed by atoms with Gasteiger partial charge in [-0.25, -0.2) is 9.18 Å². The van der Waals surface area contributed by atoms with Gasteiger partial charge in [-0.05, 0) is 53.8 Å². The van der Waals surface area contributed by atoms with Crippen LogP contribution in [0.15, 0.2) is 65.4 Å². The number of halogens is 2. The summed E-state index contributed by atoms with van der Waals surface area (Å²) in [4.78, 5) is 29.3. The summed E-state index contributed by atoms with van der Waals surface area (Å²) in [5, 5.41) is 10.5. The van der Waals surface area contributed by atoms with E-state index >= 15 is 0 Å². The van der Waals surface area contributed by atoms with Crippen molar-refractivity contribution in [3.63, 3.8) is 0 Å². The molecule has 0 fully saturated rings. The Balaban J connectivity index is 3.61. The predicted octanol–water partition coefficient (Wildman–Crippen LogP) is 5.42. The molecule has 172 valence electrons. The molecule has 0 aliphatic heterocycles. The highest BCUT2D eigenvalue weighted by atomic mass is 79.9. The third-order valence-corrected chi connectivity index (χ3v) is 4.95. The van der Waals surface area contributed by atoms with E-state index in [0.29, 0.717) is 34.9 Å². The number of pyridine rings is 1. The quantitative estimate of drug-likeness (QED) is 0.0964. The van der Waals surface area contributed by atoms with Crippen molar-refractivity contribution in [2.75, 3.05) is 24.7 Å². The number of ether oxygens (including phenoxy) is 1. The fourth-order valence-corrected chi connectivity index (χ4v) is 3.42. The summed E-state index contributed by atoms with van der Waals surface area (Å²) < 4.78 is 18.0. The zero-order valence-corrected chi connectivity index (χ0v) is 19.9. The van der Waals surface area contributed by atoms with Gasteiger partial charge in [0.1, 0.15) is 12.4 Å². The minimum absolute atomic E-state index is 0.0259. The van der Waals surface area contributed by atoms with Crippen molar-refractivity contribution >= 4 is 39.8 Å². The number of aromatic nitrogens is 1. The molecule has 0 aliphatic rings. The number of aliphatic hydroxyl groups excluding tert-OH is 1. The molecule has 0 saturated carbocycles. The second kappa shape index (κ2) is 14.1. The van der Waals surface area contributed by atoms with Crippen molar-refractivity contribution in [3.8, 4) is 0 Å². The van der Waals surface area contributed by atoms with Gasteiger partial charge in [-0.2, -0.15) is 0 Å². The molecule has 0 aromatic carbocycles. The molecule has 32 heavy (non-hydrogen) atoms. The van der Waals surface area contributed by atoms with Gasteiger partial charge in [0.2, 0.25) is 6.41 Å². The molecule has 0 bridgehead atoms. The molecule has 1 aromatic rings. The van der Waals surface area contributed by atoms with Crippen LogP contribution in [0.2, 0.25) is 0 Å². The third-order valence-electron chi connectivity index (χ3n) is 4.06. The minimum Gasteiger partial charge on any atom is -0.505 e. The first-order valence-corrected chi connectivity index (χ1v) is 10.7. The average Bonchev–Trinajstić information content (AvgIpc) is 2.74. The maximum atomic E-state index is 12.7. The van der Waals surface area contributed by atoms with Crippen LogP contribution < -0.4 is 4.90 Å². The highest BCUT2D eigenvalue weighted by Crippen LogP contribution is 2.36. The number of carbonyl (C=O) groups excluding carboxylic acids is 2. The summed E-state index contributed by atoms with van der Waals surface area (Å²) in [5.41, 5.74) is 2.52. The smallest absolute Gasteiger partial charge is 0.334 e. The Morgan fingerprint density at radius 3 is 2.72 bits per heavy atom. The molecule has 1 heterocycles. The topological polar surface area (TPSA) is 79.7 Å². The summed E-state index contributed by atoms with van der Waals surface area (Å²) in [7, 11) is 0. The molecule has 0 unspecified atom stereocenters. The van der Waals surface area contributed by atoms with Gasteiger partial charge in [0.15, 0.2) is 5.76 Å². The number of nitrogens with zero attached hydrogens (tertiary/aromatic N) is 2. The van der Waals surface area contributed by atoms with Crippen molar-refractivity contribution in [1.29, 1.82) is 0 Å². The monoisotopic (exact) mass is 506 g/mol. The van der Waals surface area contributed by atoms with Crippen LogP contribution in [0.5, 0.6) is 0 Å². The van der Waals surface area contributed by atoms with E-state index in [2.05, 4.69) is 34.1 Å². The van der Waals surface area contributed by atoms with Crippen molar-refractivity contribution < 1.29 is 23.8 Å². The molecule has 0 aliphatic carbocycles. The van der Waals surface area contributed by atoms with Crippen LogP contribution in [0, 0.1) is 0 Å². The number of alkyl halides is 1. The fourth-order valence-electron chi connectivity index (χ4n) is 2.76. The first-order chi connectivity index (χ1) is 15.3. The van der Waals surface area contributed by atoms with Crippen LogP contribution in [-0.4, -0.2) is 42.3 Å². The highest BCUT2D eigenvalue weighted by Gasteiger charge is 2.22. The summed E-state index contributed by atoms with van der Waals surface area (Å²) in [6, 6.07) is 0. The van der Waals surface area contributed by atoms with Gasteiger partial charge in [-0.15, -0.1) is 6.58 Å². The van der Waals surface area contributed by atoms with E-state index in [1.54, 1.807) is 26.0 Å². The molecule has 0 radical (unpaired) electrons. The van der Waals surface area contributed by atoms with Crippen LogP contribution in [-0.2, 0) is 20.7 Å². The van der Waals surface area contributed by atoms with E-state index in [0.717, 1.165) is 11.6 Å². The first kappa shape index (κ1) is 27.0. The van der Waals surface area contributed by atoms with Crippen LogP contribution >= 0.6 is 15.9 Å². The van der Waals surface area contributed by atoms with Gasteiger partial charge in [-0.3, -0.25) is 9.78 Å². The number of rotatable bonds is 13. The molecular formula is C24H28BrFN2O4. The average molecular weight is 507 g/mol. The number of carbonyl (C=O) groups is 2. The number of hydrogen-bond donors (Lipinski definition) is 1. The predicted molar refractivity (Wildman–Crippen MR) is 129 cm³/mol. The van der Waals surface area contributed by atoms with Crippen LogP contribution in [0.4, 0.5) is 10.1 Å². The fraction of sp³-hybridized carbons (Fsp3) is 0.292. The lowest BCUT2D eigenvalue weighted by Gasteiger charge is -2.23. The maximum Gasteiger partial charge on any atom is 0.334 e. The van der Waals surface area contributed by atoms with Gasteiger partial charge in [0.25, 0.3) is 0 Å². The zero-order valence-electron chi connectivity index (χ0n) is 18.3. The Bertz CT molecular complexity index is 938. The molecule has 1 aromatic heterocycles. The van der Waals surface area contributed by atoms with Crippen molar-refractivity contribution in [2.24, 2.45) is 0 Å². The van der Waals surface area contributed by atoms with Gasteiger partial charge >= 0.3 is 5.97 Å². The molecule has 0 saturated heterocycles. The Morgan fingerprint density at radius 2 is 2.16 bits per heavy atom. The van der Waals surface area contributed by atoms with Gasteiger partial charge in [-0.1, -0.05) is 36.5 Å². The molecule has 6 nitrogen and oxygen atoms in total. The van der Waals surface area contributed by atoms with E-state index in [-0.39, 0.29) is 24.5 Å². The van der Waals surface area contributed by atoms with Crippen molar-refractivity contribution in [2.45, 2.75) is 26.7 Å². The molecule has 0 spiro atoms. The second-order valence-electron chi connectivity index (χ2n) is 6.80. The summed E-state index contributed by atoms with van der Waals surface area (Å²) in [6.07, 6.45) is 10.7. The summed E-state index contributed by atoms with van der Waals surface area (Å²) >= 11 is 3.52. The Morgan fingerprint density at radius 1 is 1.44 bits per heavy atom. The molecule has 1 N–H and O–H groups in total. The number of esters is 1. The lowest BCUT2D eigenvalue weighted by atomic mass is 10.0. The van der Waals surface area contributed by atoms with Gasteiger partial charge < -0.3 is 14.7 Å². The normalized spacial score (nSPS) is 12.0. The van der Waals surface area contributed by atoms with Gasteiger partial charge in [0.05, 0.1) is 18.4 Å². The van der Waals surface area contributed by atoms with Crippen LogP contribution in [0.3, 0.4) is 0 Å². The minimum atomic E-state index is -0.735. The second-order valence-corrected chi connectivity index (χ2v) is 7.60. The van der Waals surface area contributed by atoms with Crippen molar-refractivity contribution in [3.05, 3.63) is 76.6 Å². The van der Waals surface area contributed by atoms with E-state index < -0.39 is 18.4 Å². The Labute approximate surface area is 196 Å². The largest absolute Gasteiger partial charge is 0.505 e. The molecule has 1 rings (SSSR count). The third kappa shape index (κ3) is 8.26. The van der Waals surface area contributed by atoms with E-state index in [4.69, 9.17) is 4.74 Å². The zero-order chi connectivity index (χ0) is 24.1. The number of allylic oxidation sites excluding steroid dienone is 5.